The summed E-state index contributed by atoms with van der Waals surface area (Å²) in [6.45, 7) is 4.21. The smallest absolute Gasteiger partial charge is 0.406 e. The normalized spacial score (nSPS) is 10.1. The molecule has 0 saturated heterocycles. The molecule has 0 radical (unpaired) electrons. The van der Waals surface area contributed by atoms with Crippen LogP contribution in [-0.2, 0) is 9.47 Å². The van der Waals surface area contributed by atoms with Crippen LogP contribution < -0.4 is 10.1 Å². The number of unbranched alkanes of at least 4 members (excludes halogenated alkanes) is 1. The third-order valence-corrected chi connectivity index (χ3v) is 2.64. The van der Waals surface area contributed by atoms with Crippen molar-refractivity contribution in [1.82, 2.24) is 5.32 Å². The summed E-state index contributed by atoms with van der Waals surface area (Å²) in [5.74, 6) is 0.859. The van der Waals surface area contributed by atoms with Gasteiger partial charge in [0.15, 0.2) is 0 Å². The van der Waals surface area contributed by atoms with Gasteiger partial charge in [-0.05, 0) is 31.9 Å². The summed E-state index contributed by atoms with van der Waals surface area (Å²) < 4.78 is 15.8. The van der Waals surface area contributed by atoms with Gasteiger partial charge in [0.2, 0.25) is 0 Å². The minimum absolute atomic E-state index is 0.391. The highest BCUT2D eigenvalue weighted by molar-refractivity contribution is 5.66. The van der Waals surface area contributed by atoms with Gasteiger partial charge in [-0.25, -0.2) is 4.79 Å². The molecule has 0 aliphatic carbocycles. The number of nitrogens with one attached hydrogen (secondary N) is 1. The summed E-state index contributed by atoms with van der Waals surface area (Å²) >= 11 is 0. The van der Waals surface area contributed by atoms with Crippen molar-refractivity contribution in [3.63, 3.8) is 0 Å². The lowest BCUT2D eigenvalue weighted by Crippen LogP contribution is -2.19. The number of hydrogen-bond donors (Lipinski definition) is 1. The lowest BCUT2D eigenvalue weighted by molar-refractivity contribution is 0.0915. The Morgan fingerprint density at radius 2 is 1.75 bits per heavy atom. The van der Waals surface area contributed by atoms with Gasteiger partial charge in [-0.15, -0.1) is 0 Å². The maximum absolute atomic E-state index is 10.8. The fourth-order valence-corrected chi connectivity index (χ4v) is 1.50. The number of hydrogen-bond acceptors (Lipinski definition) is 4. The second kappa shape index (κ2) is 10.1. The average Bonchev–Trinajstić information content (AvgIpc) is 2.47. The maximum atomic E-state index is 10.8. The lowest BCUT2D eigenvalue weighted by atomic mass is 10.2. The largest absolute Gasteiger partial charge is 0.491 e. The molecular weight excluding hydrogens is 258 g/mol. The summed E-state index contributed by atoms with van der Waals surface area (Å²) in [7, 11) is 1.54. The Hall–Kier alpha value is -1.75. The molecule has 1 aromatic carbocycles. The Kier molecular flexibility index (Phi) is 8.22. The Morgan fingerprint density at radius 3 is 2.45 bits per heavy atom. The molecule has 1 rings (SSSR count). The molecule has 1 amide bonds. The number of carbonyl (C=O) groups excluding carboxylic acids is 1. The fraction of sp³-hybridized carbons (Fsp3) is 0.533. The minimum Gasteiger partial charge on any atom is -0.491 e. The number of rotatable bonds is 9. The van der Waals surface area contributed by atoms with Gasteiger partial charge >= 0.3 is 6.09 Å². The van der Waals surface area contributed by atoms with E-state index in [1.54, 1.807) is 7.05 Å². The molecule has 0 aliphatic heterocycles. The van der Waals surface area contributed by atoms with Crippen LogP contribution in [0.1, 0.15) is 18.4 Å². The molecule has 0 atom stereocenters. The van der Waals surface area contributed by atoms with E-state index in [2.05, 4.69) is 5.32 Å². The van der Waals surface area contributed by atoms with E-state index in [1.807, 2.05) is 31.2 Å². The molecule has 0 fully saturated rings. The van der Waals surface area contributed by atoms with E-state index in [1.165, 1.54) is 5.56 Å². The SMILES string of the molecule is CNC(=O)OCCCCOCCOc1ccc(C)cc1. The molecule has 0 spiro atoms. The van der Waals surface area contributed by atoms with E-state index >= 15 is 0 Å². The predicted molar refractivity (Wildman–Crippen MR) is 77.1 cm³/mol. The summed E-state index contributed by atoms with van der Waals surface area (Å²) in [6.07, 6.45) is 1.27. The molecule has 112 valence electrons. The van der Waals surface area contributed by atoms with Crippen LogP contribution in [0.5, 0.6) is 5.75 Å². The number of alkyl carbamates (subject to hydrolysis) is 1. The molecule has 0 heterocycles. The van der Waals surface area contributed by atoms with E-state index in [4.69, 9.17) is 14.2 Å². The van der Waals surface area contributed by atoms with E-state index in [9.17, 15) is 4.79 Å². The van der Waals surface area contributed by atoms with Crippen LogP contribution >= 0.6 is 0 Å². The van der Waals surface area contributed by atoms with Crippen LogP contribution in [0.15, 0.2) is 24.3 Å². The van der Waals surface area contributed by atoms with Crippen LogP contribution in [0.25, 0.3) is 0 Å². The molecule has 20 heavy (non-hydrogen) atoms. The highest BCUT2D eigenvalue weighted by atomic mass is 16.5. The highest BCUT2D eigenvalue weighted by Gasteiger charge is 1.97. The van der Waals surface area contributed by atoms with Crippen LogP contribution in [0.2, 0.25) is 0 Å². The van der Waals surface area contributed by atoms with Gasteiger partial charge in [0, 0.05) is 13.7 Å². The van der Waals surface area contributed by atoms with E-state index < -0.39 is 6.09 Å². The van der Waals surface area contributed by atoms with Crippen molar-refractivity contribution in [2.75, 3.05) is 33.5 Å². The Labute approximate surface area is 120 Å². The highest BCUT2D eigenvalue weighted by Crippen LogP contribution is 2.10. The van der Waals surface area contributed by atoms with Crippen molar-refractivity contribution < 1.29 is 19.0 Å². The number of amides is 1. The van der Waals surface area contributed by atoms with Gasteiger partial charge in [-0.2, -0.15) is 0 Å². The van der Waals surface area contributed by atoms with E-state index in [0.717, 1.165) is 18.6 Å². The van der Waals surface area contributed by atoms with E-state index in [0.29, 0.717) is 26.4 Å². The first-order valence-corrected chi connectivity index (χ1v) is 6.84. The monoisotopic (exact) mass is 281 g/mol. The first kappa shape index (κ1) is 16.3. The third-order valence-electron chi connectivity index (χ3n) is 2.64. The second-order valence-corrected chi connectivity index (χ2v) is 4.37. The number of aryl methyl sites for hydroxylation is 1. The lowest BCUT2D eigenvalue weighted by Gasteiger charge is -2.07. The minimum atomic E-state index is -0.391. The van der Waals surface area contributed by atoms with Gasteiger partial charge in [0.25, 0.3) is 0 Å². The number of carbonyl (C=O) groups is 1. The van der Waals surface area contributed by atoms with Gasteiger partial charge in [0.1, 0.15) is 12.4 Å². The quantitative estimate of drug-likeness (QED) is 0.707. The van der Waals surface area contributed by atoms with Gasteiger partial charge < -0.3 is 19.5 Å². The van der Waals surface area contributed by atoms with Crippen LogP contribution in [0.3, 0.4) is 0 Å². The second-order valence-electron chi connectivity index (χ2n) is 4.37. The summed E-state index contributed by atoms with van der Waals surface area (Å²) in [5.41, 5.74) is 1.22. The molecule has 0 saturated carbocycles. The third kappa shape index (κ3) is 7.63. The molecule has 0 aliphatic rings. The van der Waals surface area contributed by atoms with Crippen molar-refractivity contribution >= 4 is 6.09 Å². The van der Waals surface area contributed by atoms with Crippen LogP contribution in [0.4, 0.5) is 4.79 Å². The molecule has 5 nitrogen and oxygen atoms in total. The van der Waals surface area contributed by atoms with Crippen molar-refractivity contribution in [2.24, 2.45) is 0 Å². The van der Waals surface area contributed by atoms with Crippen molar-refractivity contribution in [3.05, 3.63) is 29.8 Å². The van der Waals surface area contributed by atoms with Crippen molar-refractivity contribution in [1.29, 1.82) is 0 Å². The zero-order chi connectivity index (χ0) is 14.6. The molecule has 0 bridgehead atoms. The van der Waals surface area contributed by atoms with Crippen LogP contribution in [0, 0.1) is 6.92 Å². The Bertz CT molecular complexity index is 378. The van der Waals surface area contributed by atoms with Gasteiger partial charge in [-0.1, -0.05) is 17.7 Å². The summed E-state index contributed by atoms with van der Waals surface area (Å²) in [5, 5.41) is 2.39. The Balaban J connectivity index is 1.90. The zero-order valence-electron chi connectivity index (χ0n) is 12.2. The maximum Gasteiger partial charge on any atom is 0.406 e. The predicted octanol–water partition coefficient (Wildman–Crippen LogP) is 2.53. The number of benzene rings is 1. The first-order chi connectivity index (χ1) is 9.72. The Morgan fingerprint density at radius 1 is 1.05 bits per heavy atom. The summed E-state index contributed by atoms with van der Waals surface area (Å²) in [6, 6.07) is 7.93. The van der Waals surface area contributed by atoms with Gasteiger partial charge in [0.05, 0.1) is 13.2 Å². The first-order valence-electron chi connectivity index (χ1n) is 6.84. The molecule has 5 heteroatoms. The molecule has 1 aromatic rings. The van der Waals surface area contributed by atoms with Crippen LogP contribution in [-0.4, -0.2) is 39.6 Å². The molecule has 1 N–H and O–H groups in total. The van der Waals surface area contributed by atoms with Crippen molar-refractivity contribution in [3.8, 4) is 5.75 Å². The summed E-state index contributed by atoms with van der Waals surface area (Å²) in [4.78, 5) is 10.8. The standard InChI is InChI=1S/C15H23NO4/c1-13-5-7-14(8-6-13)19-12-11-18-9-3-4-10-20-15(17)16-2/h5-8H,3-4,9-12H2,1-2H3,(H,16,17). The molecule has 0 unspecified atom stereocenters. The van der Waals surface area contributed by atoms with E-state index in [-0.39, 0.29) is 0 Å². The van der Waals surface area contributed by atoms with Gasteiger partial charge in [-0.3, -0.25) is 0 Å². The number of ether oxygens (including phenoxy) is 3. The fourth-order valence-electron chi connectivity index (χ4n) is 1.50. The average molecular weight is 281 g/mol. The molecular formula is C15H23NO4. The topological polar surface area (TPSA) is 56.8 Å². The zero-order valence-corrected chi connectivity index (χ0v) is 12.2. The van der Waals surface area contributed by atoms with Crippen molar-refractivity contribution in [2.45, 2.75) is 19.8 Å². The molecule has 0 aromatic heterocycles.